The Labute approximate surface area is 93.5 Å². The summed E-state index contributed by atoms with van der Waals surface area (Å²) in [5.74, 6) is 0.759. The molecule has 0 aliphatic rings. The van der Waals surface area contributed by atoms with Crippen LogP contribution in [0.15, 0.2) is 18.3 Å². The summed E-state index contributed by atoms with van der Waals surface area (Å²) in [5, 5.41) is 0. The Morgan fingerprint density at radius 3 is 2.73 bits per heavy atom. The lowest BCUT2D eigenvalue weighted by atomic mass is 10.1. The van der Waals surface area contributed by atoms with Gasteiger partial charge in [-0.15, -0.1) is 0 Å². The minimum atomic E-state index is 0.250. The van der Waals surface area contributed by atoms with E-state index in [1.165, 1.54) is 18.5 Å². The molecule has 15 heavy (non-hydrogen) atoms. The average molecular weight is 208 g/mol. The maximum absolute atomic E-state index is 5.83. The lowest BCUT2D eigenvalue weighted by Crippen LogP contribution is -2.20. The molecule has 2 N–H and O–H groups in total. The van der Waals surface area contributed by atoms with Gasteiger partial charge in [0.1, 0.15) is 0 Å². The zero-order valence-corrected chi connectivity index (χ0v) is 10.2. The fourth-order valence-corrected chi connectivity index (χ4v) is 2.06. The molecule has 1 aromatic heterocycles. The summed E-state index contributed by atoms with van der Waals surface area (Å²) >= 11 is 0. The van der Waals surface area contributed by atoms with Crippen LogP contribution >= 0.6 is 0 Å². The Hall–Kier alpha value is -0.760. The molecule has 0 radical (unpaired) electrons. The number of hydrogen-bond acceptors (Lipinski definition) is 1. The van der Waals surface area contributed by atoms with E-state index in [0.29, 0.717) is 0 Å². The summed E-state index contributed by atoms with van der Waals surface area (Å²) in [5.41, 5.74) is 7.20. The molecule has 86 valence electrons. The van der Waals surface area contributed by atoms with Crippen LogP contribution in [0.2, 0.25) is 0 Å². The third-order valence-electron chi connectivity index (χ3n) is 2.74. The Bertz CT molecular complexity index is 276. The van der Waals surface area contributed by atoms with Crippen LogP contribution in [0.5, 0.6) is 0 Å². The largest absolute Gasteiger partial charge is 0.351 e. The first-order valence-corrected chi connectivity index (χ1v) is 6.03. The summed E-state index contributed by atoms with van der Waals surface area (Å²) in [6, 6.07) is 4.55. The summed E-state index contributed by atoms with van der Waals surface area (Å²) in [6.45, 7) is 7.75. The second kappa shape index (κ2) is 5.96. The molecule has 1 aromatic rings. The molecule has 1 rings (SSSR count). The predicted octanol–water partition coefficient (Wildman–Crippen LogP) is 2.81. The Morgan fingerprint density at radius 1 is 1.40 bits per heavy atom. The van der Waals surface area contributed by atoms with Crippen LogP contribution in [0.4, 0.5) is 0 Å². The second-order valence-corrected chi connectivity index (χ2v) is 4.73. The molecule has 0 saturated carbocycles. The molecule has 0 saturated heterocycles. The highest BCUT2D eigenvalue weighted by molar-refractivity contribution is 5.08. The van der Waals surface area contributed by atoms with Gasteiger partial charge in [-0.25, -0.2) is 0 Å². The number of nitrogens with zero attached hydrogens (tertiary/aromatic N) is 1. The first-order chi connectivity index (χ1) is 7.13. The molecule has 0 aliphatic carbocycles. The van der Waals surface area contributed by atoms with E-state index >= 15 is 0 Å². The highest BCUT2D eigenvalue weighted by Gasteiger charge is 2.07. The van der Waals surface area contributed by atoms with Crippen LogP contribution in [0.1, 0.15) is 39.3 Å². The number of nitrogens with two attached hydrogens (primary N) is 1. The minimum absolute atomic E-state index is 0.250. The first-order valence-electron chi connectivity index (χ1n) is 6.03. The number of hydrogen-bond donors (Lipinski definition) is 1. The van der Waals surface area contributed by atoms with Gasteiger partial charge in [0, 0.05) is 30.9 Å². The molecule has 2 atom stereocenters. The Morgan fingerprint density at radius 2 is 2.13 bits per heavy atom. The lowest BCUT2D eigenvalue weighted by molar-refractivity contribution is 0.436. The first kappa shape index (κ1) is 12.3. The highest BCUT2D eigenvalue weighted by Crippen LogP contribution is 2.12. The molecule has 0 aliphatic heterocycles. The van der Waals surface area contributed by atoms with E-state index < -0.39 is 0 Å². The van der Waals surface area contributed by atoms with E-state index in [9.17, 15) is 0 Å². The van der Waals surface area contributed by atoms with Crippen LogP contribution in [0.25, 0.3) is 0 Å². The quantitative estimate of drug-likeness (QED) is 0.765. The van der Waals surface area contributed by atoms with E-state index in [1.54, 1.807) is 0 Å². The second-order valence-electron chi connectivity index (χ2n) is 4.73. The van der Waals surface area contributed by atoms with Gasteiger partial charge < -0.3 is 10.3 Å². The number of rotatable bonds is 6. The third-order valence-corrected chi connectivity index (χ3v) is 2.74. The maximum Gasteiger partial charge on any atom is 0.0247 e. The van der Waals surface area contributed by atoms with E-state index in [1.807, 2.05) is 0 Å². The van der Waals surface area contributed by atoms with Gasteiger partial charge in [0.15, 0.2) is 0 Å². The topological polar surface area (TPSA) is 30.9 Å². The number of aromatic nitrogens is 1. The van der Waals surface area contributed by atoms with Crippen LogP contribution in [0.3, 0.4) is 0 Å². The van der Waals surface area contributed by atoms with Crippen molar-refractivity contribution in [3.05, 3.63) is 24.0 Å². The summed E-state index contributed by atoms with van der Waals surface area (Å²) in [6.07, 6.45) is 5.72. The normalized spacial score (nSPS) is 15.2. The van der Waals surface area contributed by atoms with Crippen molar-refractivity contribution in [3.8, 4) is 0 Å². The molecule has 0 aromatic carbocycles. The SMILES string of the molecule is CCCC(C)Cn1cccc1CC(C)N. The molecule has 2 unspecified atom stereocenters. The molecule has 0 bridgehead atoms. The van der Waals surface area contributed by atoms with E-state index in [-0.39, 0.29) is 6.04 Å². The summed E-state index contributed by atoms with van der Waals surface area (Å²) in [4.78, 5) is 0. The van der Waals surface area contributed by atoms with Gasteiger partial charge in [0.2, 0.25) is 0 Å². The van der Waals surface area contributed by atoms with Gasteiger partial charge in [0.05, 0.1) is 0 Å². The fraction of sp³-hybridized carbons (Fsp3) is 0.692. The fourth-order valence-electron chi connectivity index (χ4n) is 2.06. The highest BCUT2D eigenvalue weighted by atomic mass is 15.0. The van der Waals surface area contributed by atoms with Gasteiger partial charge >= 0.3 is 0 Å². The van der Waals surface area contributed by atoms with Gasteiger partial charge in [-0.05, 0) is 31.4 Å². The van der Waals surface area contributed by atoms with Crippen molar-refractivity contribution in [2.24, 2.45) is 11.7 Å². The van der Waals surface area contributed by atoms with Crippen molar-refractivity contribution in [1.82, 2.24) is 4.57 Å². The van der Waals surface area contributed by atoms with Crippen LogP contribution in [-0.4, -0.2) is 10.6 Å². The van der Waals surface area contributed by atoms with Gasteiger partial charge in [-0.1, -0.05) is 20.3 Å². The van der Waals surface area contributed by atoms with Crippen molar-refractivity contribution < 1.29 is 0 Å². The molecular formula is C13H24N2. The standard InChI is InChI=1S/C13H24N2/c1-4-6-11(2)10-15-8-5-7-13(15)9-12(3)14/h5,7-8,11-12H,4,6,9-10,14H2,1-3H3. The molecular weight excluding hydrogens is 184 g/mol. The lowest BCUT2D eigenvalue weighted by Gasteiger charge is -2.15. The van der Waals surface area contributed by atoms with Crippen LogP contribution in [0, 0.1) is 5.92 Å². The maximum atomic E-state index is 5.83. The predicted molar refractivity (Wildman–Crippen MR) is 65.9 cm³/mol. The van der Waals surface area contributed by atoms with E-state index in [0.717, 1.165) is 18.9 Å². The van der Waals surface area contributed by atoms with Crippen molar-refractivity contribution in [2.75, 3.05) is 0 Å². The molecule has 0 fully saturated rings. The van der Waals surface area contributed by atoms with Crippen molar-refractivity contribution in [1.29, 1.82) is 0 Å². The molecule has 2 nitrogen and oxygen atoms in total. The summed E-state index contributed by atoms with van der Waals surface area (Å²) in [7, 11) is 0. The van der Waals surface area contributed by atoms with Crippen molar-refractivity contribution in [3.63, 3.8) is 0 Å². The van der Waals surface area contributed by atoms with E-state index in [2.05, 4.69) is 43.7 Å². The van der Waals surface area contributed by atoms with E-state index in [4.69, 9.17) is 5.73 Å². The van der Waals surface area contributed by atoms with Gasteiger partial charge in [0.25, 0.3) is 0 Å². The van der Waals surface area contributed by atoms with Gasteiger partial charge in [-0.3, -0.25) is 0 Å². The molecule has 0 amide bonds. The Balaban J connectivity index is 2.56. The van der Waals surface area contributed by atoms with Crippen molar-refractivity contribution in [2.45, 2.75) is 52.6 Å². The van der Waals surface area contributed by atoms with Crippen molar-refractivity contribution >= 4 is 0 Å². The van der Waals surface area contributed by atoms with Crippen LogP contribution in [-0.2, 0) is 13.0 Å². The monoisotopic (exact) mass is 208 g/mol. The third kappa shape index (κ3) is 4.08. The smallest absolute Gasteiger partial charge is 0.0247 e. The molecule has 2 heteroatoms. The zero-order chi connectivity index (χ0) is 11.3. The Kier molecular flexibility index (Phi) is 4.89. The van der Waals surface area contributed by atoms with Gasteiger partial charge in [-0.2, -0.15) is 0 Å². The zero-order valence-electron chi connectivity index (χ0n) is 10.2. The molecule has 1 heterocycles. The minimum Gasteiger partial charge on any atom is -0.351 e. The summed E-state index contributed by atoms with van der Waals surface area (Å²) < 4.78 is 2.35. The molecule has 0 spiro atoms. The average Bonchev–Trinajstić information content (AvgIpc) is 2.52. The van der Waals surface area contributed by atoms with Crippen LogP contribution < -0.4 is 5.73 Å².